The van der Waals surface area contributed by atoms with E-state index in [-0.39, 0.29) is 17.4 Å². The largest absolute Gasteiger partial charge is 0.242 e. The highest BCUT2D eigenvalue weighted by molar-refractivity contribution is 7.89. The van der Waals surface area contributed by atoms with E-state index in [1.54, 1.807) is 6.07 Å². The average molecular weight is 284 g/mol. The third-order valence-corrected chi connectivity index (χ3v) is 4.56. The Kier molecular flexibility index (Phi) is 5.45. The van der Waals surface area contributed by atoms with E-state index in [9.17, 15) is 12.8 Å². The predicted molar refractivity (Wildman–Crippen MR) is 70.4 cm³/mol. The van der Waals surface area contributed by atoms with Crippen molar-refractivity contribution in [2.75, 3.05) is 6.54 Å². The summed E-state index contributed by atoms with van der Waals surface area (Å²) in [7, 11) is -3.85. The lowest BCUT2D eigenvalue weighted by atomic mass is 10.0. The van der Waals surface area contributed by atoms with Crippen molar-refractivity contribution in [2.24, 2.45) is 5.92 Å². The first kappa shape index (κ1) is 15.6. The van der Waals surface area contributed by atoms with Crippen LogP contribution in [0.2, 0.25) is 0 Å². The van der Waals surface area contributed by atoms with Crippen molar-refractivity contribution >= 4 is 10.0 Å². The maximum Gasteiger partial charge on any atom is 0.242 e. The Hall–Kier alpha value is -1.45. The van der Waals surface area contributed by atoms with Crippen LogP contribution >= 0.6 is 0 Å². The van der Waals surface area contributed by atoms with Crippen LogP contribution in [0.1, 0.15) is 32.3 Å². The van der Waals surface area contributed by atoms with Crippen LogP contribution in [-0.4, -0.2) is 15.0 Å². The molecule has 104 valence electrons. The Labute approximate surface area is 113 Å². The summed E-state index contributed by atoms with van der Waals surface area (Å²) in [5.41, 5.74) is -0.445. The molecule has 4 nitrogen and oxygen atoms in total. The van der Waals surface area contributed by atoms with Crippen molar-refractivity contribution in [3.8, 4) is 6.07 Å². The molecule has 0 bridgehead atoms. The van der Waals surface area contributed by atoms with E-state index in [1.165, 1.54) is 12.1 Å². The van der Waals surface area contributed by atoms with E-state index in [4.69, 9.17) is 5.26 Å². The quantitative estimate of drug-likeness (QED) is 0.872. The summed E-state index contributed by atoms with van der Waals surface area (Å²) in [4.78, 5) is -0.305. The molecule has 1 aromatic rings. The second-order valence-corrected chi connectivity index (χ2v) is 5.99. The lowest BCUT2D eigenvalue weighted by Crippen LogP contribution is -2.29. The normalized spacial score (nSPS) is 11.5. The van der Waals surface area contributed by atoms with E-state index in [2.05, 4.69) is 4.72 Å². The smallest absolute Gasteiger partial charge is 0.211 e. The van der Waals surface area contributed by atoms with Crippen LogP contribution in [0.4, 0.5) is 4.39 Å². The molecular formula is C13H17FN2O2S. The Morgan fingerprint density at radius 3 is 2.53 bits per heavy atom. The molecule has 0 aromatic heterocycles. The lowest BCUT2D eigenvalue weighted by molar-refractivity contribution is 0.478. The van der Waals surface area contributed by atoms with Crippen molar-refractivity contribution in [1.82, 2.24) is 4.72 Å². The molecule has 0 fully saturated rings. The van der Waals surface area contributed by atoms with E-state index >= 15 is 0 Å². The van der Waals surface area contributed by atoms with Gasteiger partial charge in [-0.3, -0.25) is 0 Å². The summed E-state index contributed by atoms with van der Waals surface area (Å²) in [6.07, 6.45) is 1.71. The summed E-state index contributed by atoms with van der Waals surface area (Å²) >= 11 is 0. The van der Waals surface area contributed by atoms with Crippen LogP contribution in [-0.2, 0) is 10.0 Å². The molecule has 6 heteroatoms. The van der Waals surface area contributed by atoms with E-state index in [1.807, 2.05) is 13.8 Å². The fraction of sp³-hybridized carbons (Fsp3) is 0.462. The topological polar surface area (TPSA) is 70.0 Å². The minimum atomic E-state index is -3.85. The fourth-order valence-electron chi connectivity index (χ4n) is 1.72. The van der Waals surface area contributed by atoms with Crippen LogP contribution in [0.3, 0.4) is 0 Å². The molecule has 0 heterocycles. The molecule has 0 atom stereocenters. The lowest BCUT2D eigenvalue weighted by Gasteiger charge is -2.14. The monoisotopic (exact) mass is 284 g/mol. The van der Waals surface area contributed by atoms with E-state index in [0.29, 0.717) is 0 Å². The first-order valence-corrected chi connectivity index (χ1v) is 7.62. The van der Waals surface area contributed by atoms with Crippen molar-refractivity contribution in [3.05, 3.63) is 29.6 Å². The number of nitriles is 1. The highest BCUT2D eigenvalue weighted by atomic mass is 32.2. The third kappa shape index (κ3) is 3.75. The molecule has 19 heavy (non-hydrogen) atoms. The molecule has 0 aliphatic rings. The van der Waals surface area contributed by atoms with Gasteiger partial charge in [-0.1, -0.05) is 32.8 Å². The maximum absolute atomic E-state index is 13.4. The van der Waals surface area contributed by atoms with Gasteiger partial charge in [-0.25, -0.2) is 17.5 Å². The van der Waals surface area contributed by atoms with Crippen molar-refractivity contribution in [2.45, 2.75) is 31.6 Å². The van der Waals surface area contributed by atoms with Gasteiger partial charge in [-0.15, -0.1) is 0 Å². The van der Waals surface area contributed by atoms with Gasteiger partial charge in [0.2, 0.25) is 10.0 Å². The minimum absolute atomic E-state index is 0.230. The number of nitrogens with one attached hydrogen (secondary N) is 1. The number of sulfonamides is 1. The second kappa shape index (κ2) is 6.64. The van der Waals surface area contributed by atoms with Gasteiger partial charge < -0.3 is 0 Å². The van der Waals surface area contributed by atoms with Crippen LogP contribution in [0.5, 0.6) is 0 Å². The summed E-state index contributed by atoms with van der Waals surface area (Å²) in [5, 5.41) is 8.85. The average Bonchev–Trinajstić information content (AvgIpc) is 2.39. The molecule has 0 saturated carbocycles. The maximum atomic E-state index is 13.4. The number of benzene rings is 1. The molecule has 1 N–H and O–H groups in total. The van der Waals surface area contributed by atoms with Crippen molar-refractivity contribution in [3.63, 3.8) is 0 Å². The van der Waals surface area contributed by atoms with Crippen molar-refractivity contribution in [1.29, 1.82) is 5.26 Å². The zero-order valence-electron chi connectivity index (χ0n) is 11.0. The molecule has 0 aliphatic carbocycles. The van der Waals surface area contributed by atoms with Crippen LogP contribution < -0.4 is 4.72 Å². The minimum Gasteiger partial charge on any atom is -0.211 e. The molecule has 0 saturated heterocycles. The predicted octanol–water partition coefficient (Wildman–Crippen LogP) is 2.41. The third-order valence-electron chi connectivity index (χ3n) is 3.09. The second-order valence-electron chi connectivity index (χ2n) is 4.26. The zero-order valence-corrected chi connectivity index (χ0v) is 11.8. The fourth-order valence-corrected chi connectivity index (χ4v) is 3.00. The molecule has 0 amide bonds. The van der Waals surface area contributed by atoms with Gasteiger partial charge >= 0.3 is 0 Å². The van der Waals surface area contributed by atoms with Crippen LogP contribution in [0.15, 0.2) is 23.1 Å². The van der Waals surface area contributed by atoms with Gasteiger partial charge in [0.1, 0.15) is 22.3 Å². The number of hydrogen-bond acceptors (Lipinski definition) is 3. The summed E-state index contributed by atoms with van der Waals surface area (Å²) in [6, 6.07) is 5.17. The number of hydrogen-bond donors (Lipinski definition) is 1. The molecule has 1 rings (SSSR count). The first-order chi connectivity index (χ1) is 8.96. The van der Waals surface area contributed by atoms with Crippen molar-refractivity contribution < 1.29 is 12.8 Å². The molecule has 0 unspecified atom stereocenters. The molecule has 1 aromatic carbocycles. The summed E-state index contributed by atoms with van der Waals surface area (Å²) < 4.78 is 40.0. The van der Waals surface area contributed by atoms with Gasteiger partial charge in [0.15, 0.2) is 0 Å². The summed E-state index contributed by atoms with van der Waals surface area (Å²) in [5.74, 6) is -0.596. The number of rotatable bonds is 6. The summed E-state index contributed by atoms with van der Waals surface area (Å²) in [6.45, 7) is 4.24. The van der Waals surface area contributed by atoms with E-state index < -0.39 is 21.4 Å². The number of halogens is 1. The molecule has 0 spiro atoms. The van der Waals surface area contributed by atoms with Gasteiger partial charge in [0.25, 0.3) is 0 Å². The molecule has 0 aliphatic heterocycles. The zero-order chi connectivity index (χ0) is 14.5. The van der Waals surface area contributed by atoms with Gasteiger partial charge in [-0.2, -0.15) is 5.26 Å². The van der Waals surface area contributed by atoms with Gasteiger partial charge in [-0.05, 0) is 18.1 Å². The van der Waals surface area contributed by atoms with Gasteiger partial charge in [0, 0.05) is 6.54 Å². The first-order valence-electron chi connectivity index (χ1n) is 6.14. The molecule has 0 radical (unpaired) electrons. The Morgan fingerprint density at radius 2 is 2.00 bits per heavy atom. The van der Waals surface area contributed by atoms with E-state index in [0.717, 1.165) is 18.9 Å². The standard InChI is InChI=1S/C13H17FN2O2S/c1-3-10(4-2)9-16-19(17,18)13-7-5-6-12(14)11(13)8-15/h5-7,10,16H,3-4,9H2,1-2H3. The van der Waals surface area contributed by atoms with Crippen LogP contribution in [0.25, 0.3) is 0 Å². The Bertz CT molecular complexity index is 575. The Morgan fingerprint density at radius 1 is 1.37 bits per heavy atom. The number of nitrogens with zero attached hydrogens (tertiary/aromatic N) is 1. The SMILES string of the molecule is CCC(CC)CNS(=O)(=O)c1cccc(F)c1C#N. The van der Waals surface area contributed by atoms with Crippen LogP contribution in [0, 0.1) is 23.1 Å². The molecular weight excluding hydrogens is 267 g/mol. The highest BCUT2D eigenvalue weighted by Crippen LogP contribution is 2.18. The Balaban J connectivity index is 3.02. The highest BCUT2D eigenvalue weighted by Gasteiger charge is 2.21. The van der Waals surface area contributed by atoms with Gasteiger partial charge in [0.05, 0.1) is 0 Å².